The lowest BCUT2D eigenvalue weighted by Crippen LogP contribution is -2.21. The average Bonchev–Trinajstić information content (AvgIpc) is 3.40. The predicted octanol–water partition coefficient (Wildman–Crippen LogP) is 5.22. The molecule has 152 valence electrons. The van der Waals surface area contributed by atoms with Crippen molar-refractivity contribution in [3.05, 3.63) is 76.4 Å². The Balaban J connectivity index is 1.48. The molecule has 1 fully saturated rings. The zero-order valence-corrected chi connectivity index (χ0v) is 17.2. The van der Waals surface area contributed by atoms with Crippen molar-refractivity contribution in [3.8, 4) is 16.6 Å². The van der Waals surface area contributed by atoms with Gasteiger partial charge in [-0.15, -0.1) is 0 Å². The Hall–Kier alpha value is -3.19. The molecule has 0 N–H and O–H groups in total. The number of halogens is 1. The smallest absolute Gasteiger partial charge is 0.278 e. The van der Waals surface area contributed by atoms with Crippen molar-refractivity contribution in [1.29, 1.82) is 0 Å². The van der Waals surface area contributed by atoms with Crippen LogP contribution >= 0.6 is 11.3 Å². The second kappa shape index (κ2) is 7.57. The predicted molar refractivity (Wildman–Crippen MR) is 118 cm³/mol. The Kier molecular flexibility index (Phi) is 4.75. The summed E-state index contributed by atoms with van der Waals surface area (Å²) in [6.07, 6.45) is 4.41. The van der Waals surface area contributed by atoms with Gasteiger partial charge >= 0.3 is 0 Å². The van der Waals surface area contributed by atoms with Crippen LogP contribution in [0, 0.1) is 11.7 Å². The molecule has 3 heterocycles. The highest BCUT2D eigenvalue weighted by atomic mass is 32.1. The minimum Gasteiger partial charge on any atom is -0.431 e. The molecule has 1 aliphatic rings. The van der Waals surface area contributed by atoms with Crippen LogP contribution in [0.3, 0.4) is 0 Å². The standard InChI is InChI=1S/C23H20FN3O2S/c1-15-6-9-26(14-15)21-5-2-17(13-20(21)24)27-10-7-16-12-18(3-4-19(16)22(27)28)29-23-25-8-11-30-23/h2-5,7-8,10-13,15H,6,9,14H2,1H3. The summed E-state index contributed by atoms with van der Waals surface area (Å²) in [5, 5.41) is 3.69. The van der Waals surface area contributed by atoms with Crippen LogP contribution in [0.5, 0.6) is 10.9 Å². The van der Waals surface area contributed by atoms with E-state index in [0.717, 1.165) is 24.9 Å². The van der Waals surface area contributed by atoms with Crippen molar-refractivity contribution >= 4 is 27.8 Å². The van der Waals surface area contributed by atoms with Crippen molar-refractivity contribution in [2.45, 2.75) is 13.3 Å². The van der Waals surface area contributed by atoms with Crippen molar-refractivity contribution in [3.63, 3.8) is 0 Å². The molecule has 1 unspecified atom stereocenters. The number of hydrogen-bond donors (Lipinski definition) is 0. The molecule has 7 heteroatoms. The molecule has 2 aromatic carbocycles. The largest absolute Gasteiger partial charge is 0.431 e. The normalized spacial score (nSPS) is 16.3. The van der Waals surface area contributed by atoms with Gasteiger partial charge in [0.2, 0.25) is 0 Å². The lowest BCUT2D eigenvalue weighted by molar-refractivity contribution is 0.479. The van der Waals surface area contributed by atoms with Crippen LogP contribution in [0.15, 0.2) is 65.0 Å². The Morgan fingerprint density at radius 3 is 2.83 bits per heavy atom. The van der Waals surface area contributed by atoms with Gasteiger partial charge in [0, 0.05) is 42.3 Å². The van der Waals surface area contributed by atoms with E-state index in [-0.39, 0.29) is 11.4 Å². The average molecular weight is 421 g/mol. The minimum absolute atomic E-state index is 0.199. The third-order valence-electron chi connectivity index (χ3n) is 5.46. The molecule has 5 rings (SSSR count). The van der Waals surface area contributed by atoms with Gasteiger partial charge < -0.3 is 9.64 Å². The van der Waals surface area contributed by atoms with E-state index in [2.05, 4.69) is 16.8 Å². The molecule has 4 aromatic rings. The van der Waals surface area contributed by atoms with Crippen LogP contribution in [0.1, 0.15) is 13.3 Å². The number of thiazole rings is 1. The first-order valence-electron chi connectivity index (χ1n) is 9.86. The van der Waals surface area contributed by atoms with E-state index in [1.165, 1.54) is 22.0 Å². The number of pyridine rings is 1. The van der Waals surface area contributed by atoms with Crippen LogP contribution in [0.25, 0.3) is 16.5 Å². The Morgan fingerprint density at radius 1 is 1.20 bits per heavy atom. The van der Waals surface area contributed by atoms with Gasteiger partial charge in [0.25, 0.3) is 10.8 Å². The fraction of sp³-hybridized carbons (Fsp3) is 0.217. The first-order chi connectivity index (χ1) is 14.6. The minimum atomic E-state index is -0.305. The fourth-order valence-corrected chi connectivity index (χ4v) is 4.41. The maximum absolute atomic E-state index is 14.8. The van der Waals surface area contributed by atoms with Crippen LogP contribution in [0.4, 0.5) is 10.1 Å². The summed E-state index contributed by atoms with van der Waals surface area (Å²) in [6, 6.07) is 12.1. The van der Waals surface area contributed by atoms with Gasteiger partial charge in [-0.05, 0) is 54.1 Å². The monoisotopic (exact) mass is 421 g/mol. The summed E-state index contributed by atoms with van der Waals surface area (Å²) >= 11 is 1.40. The van der Waals surface area contributed by atoms with Crippen LogP contribution in [-0.2, 0) is 0 Å². The van der Waals surface area contributed by atoms with Gasteiger partial charge in [-0.25, -0.2) is 9.37 Å². The molecular formula is C23H20FN3O2S. The van der Waals surface area contributed by atoms with Crippen LogP contribution in [0.2, 0.25) is 0 Å². The van der Waals surface area contributed by atoms with Crippen molar-refractivity contribution in [2.75, 3.05) is 18.0 Å². The number of nitrogens with zero attached hydrogens (tertiary/aromatic N) is 3. The maximum Gasteiger partial charge on any atom is 0.278 e. The third kappa shape index (κ3) is 3.45. The SMILES string of the molecule is CC1CCN(c2ccc(-n3ccc4cc(Oc5nccs5)ccc4c3=O)cc2F)C1. The second-order valence-corrected chi connectivity index (χ2v) is 8.47. The van der Waals surface area contributed by atoms with E-state index in [1.54, 1.807) is 42.7 Å². The Bertz CT molecular complexity index is 1270. The molecule has 0 aliphatic carbocycles. The topological polar surface area (TPSA) is 47.4 Å². The van der Waals surface area contributed by atoms with Crippen molar-refractivity contribution < 1.29 is 9.13 Å². The van der Waals surface area contributed by atoms with E-state index in [9.17, 15) is 9.18 Å². The van der Waals surface area contributed by atoms with E-state index < -0.39 is 0 Å². The number of ether oxygens (including phenoxy) is 1. The molecule has 1 aliphatic heterocycles. The molecule has 0 radical (unpaired) electrons. The molecule has 30 heavy (non-hydrogen) atoms. The molecule has 5 nitrogen and oxygen atoms in total. The van der Waals surface area contributed by atoms with Gasteiger partial charge in [-0.3, -0.25) is 9.36 Å². The molecular weight excluding hydrogens is 401 g/mol. The van der Waals surface area contributed by atoms with Crippen LogP contribution < -0.4 is 15.2 Å². The summed E-state index contributed by atoms with van der Waals surface area (Å²) in [5.41, 5.74) is 0.912. The van der Waals surface area contributed by atoms with E-state index in [0.29, 0.717) is 33.6 Å². The Morgan fingerprint density at radius 2 is 2.10 bits per heavy atom. The number of hydrogen-bond acceptors (Lipinski definition) is 5. The number of benzene rings is 2. The molecule has 0 spiro atoms. The van der Waals surface area contributed by atoms with Crippen molar-refractivity contribution in [1.82, 2.24) is 9.55 Å². The zero-order valence-electron chi connectivity index (χ0n) is 16.4. The summed E-state index contributed by atoms with van der Waals surface area (Å²) < 4.78 is 22.0. The molecule has 0 amide bonds. The quantitative estimate of drug-likeness (QED) is 0.453. The maximum atomic E-state index is 14.8. The summed E-state index contributed by atoms with van der Waals surface area (Å²) in [7, 11) is 0. The molecule has 0 bridgehead atoms. The number of aromatic nitrogens is 2. The van der Waals surface area contributed by atoms with Gasteiger partial charge in [-0.1, -0.05) is 18.3 Å². The van der Waals surface area contributed by atoms with Crippen LogP contribution in [-0.4, -0.2) is 22.6 Å². The summed E-state index contributed by atoms with van der Waals surface area (Å²) in [4.78, 5) is 19.2. The zero-order chi connectivity index (χ0) is 20.7. The third-order valence-corrected chi connectivity index (χ3v) is 6.11. The number of rotatable bonds is 4. The van der Waals surface area contributed by atoms with Gasteiger partial charge in [0.1, 0.15) is 11.6 Å². The second-order valence-electron chi connectivity index (χ2n) is 7.62. The van der Waals surface area contributed by atoms with E-state index in [1.807, 2.05) is 11.4 Å². The van der Waals surface area contributed by atoms with Gasteiger partial charge in [0.15, 0.2) is 0 Å². The summed E-state index contributed by atoms with van der Waals surface area (Å²) in [6.45, 7) is 3.89. The highest BCUT2D eigenvalue weighted by Gasteiger charge is 2.21. The molecule has 2 aromatic heterocycles. The van der Waals surface area contributed by atoms with Crippen molar-refractivity contribution in [2.24, 2.45) is 5.92 Å². The Labute approximate surface area is 177 Å². The first-order valence-corrected chi connectivity index (χ1v) is 10.7. The first kappa shape index (κ1) is 18.8. The van der Waals surface area contributed by atoms with Gasteiger partial charge in [0.05, 0.1) is 11.4 Å². The highest BCUT2D eigenvalue weighted by molar-refractivity contribution is 7.11. The van der Waals surface area contributed by atoms with E-state index >= 15 is 0 Å². The highest BCUT2D eigenvalue weighted by Crippen LogP contribution is 2.28. The fourth-order valence-electron chi connectivity index (χ4n) is 3.91. The lowest BCUT2D eigenvalue weighted by Gasteiger charge is -2.19. The van der Waals surface area contributed by atoms with E-state index in [4.69, 9.17) is 4.74 Å². The number of anilines is 1. The number of fused-ring (bicyclic) bond motifs is 1. The molecule has 0 saturated carbocycles. The lowest BCUT2D eigenvalue weighted by atomic mass is 10.1. The molecule has 1 saturated heterocycles. The summed E-state index contributed by atoms with van der Waals surface area (Å²) in [5.74, 6) is 0.877. The van der Waals surface area contributed by atoms with Gasteiger partial charge in [-0.2, -0.15) is 0 Å². The molecule has 1 atom stereocenters.